The predicted molar refractivity (Wildman–Crippen MR) is 49.8 cm³/mol. The molecule has 1 aromatic rings. The highest BCUT2D eigenvalue weighted by Gasteiger charge is 2.09. The zero-order valence-electron chi connectivity index (χ0n) is 6.57. The van der Waals surface area contributed by atoms with Gasteiger partial charge >= 0.3 is 0 Å². The normalized spacial score (nSPS) is 13.4. The Morgan fingerprint density at radius 3 is 2.55 bits per heavy atom. The summed E-state index contributed by atoms with van der Waals surface area (Å²) < 4.78 is 13.0. The van der Waals surface area contributed by atoms with Crippen LogP contribution in [0.2, 0.25) is 5.02 Å². The van der Waals surface area contributed by atoms with Gasteiger partial charge in [0, 0.05) is 20.8 Å². The molecule has 0 radical (unpaired) electrons. The van der Waals surface area contributed by atoms with Crippen LogP contribution in [0.4, 0.5) is 4.39 Å². The van der Waals surface area contributed by atoms with Crippen molar-refractivity contribution >= 4 is 21.8 Å². The molecule has 0 amide bonds. The second-order valence-corrected chi connectivity index (χ2v) is 4.93. The molecule has 0 N–H and O–H groups in total. The molecule has 60 valence electrons. The van der Waals surface area contributed by atoms with Gasteiger partial charge in [0.1, 0.15) is 5.82 Å². The lowest BCUT2D eigenvalue weighted by Gasteiger charge is -2.07. The third-order valence-corrected chi connectivity index (χ3v) is 2.48. The van der Waals surface area contributed by atoms with E-state index in [0.29, 0.717) is 10.6 Å². The molecule has 11 heavy (non-hydrogen) atoms. The van der Waals surface area contributed by atoms with Crippen LogP contribution in [0.1, 0.15) is 18.0 Å². The fourth-order valence-electron chi connectivity index (χ4n) is 1.06. The van der Waals surface area contributed by atoms with Crippen molar-refractivity contribution in [3.05, 3.63) is 34.6 Å². The van der Waals surface area contributed by atoms with E-state index in [9.17, 15) is 4.39 Å². The molecule has 0 saturated heterocycles. The SMILES string of the molecule is CC([SiH3])c1c(F)cccc1Cl. The van der Waals surface area contributed by atoms with Crippen LogP contribution in [0.3, 0.4) is 0 Å². The molecule has 1 unspecified atom stereocenters. The van der Waals surface area contributed by atoms with Gasteiger partial charge in [-0.2, -0.15) is 0 Å². The molecule has 1 aromatic carbocycles. The Morgan fingerprint density at radius 1 is 1.55 bits per heavy atom. The largest absolute Gasteiger partial charge is 0.207 e. The van der Waals surface area contributed by atoms with Crippen LogP contribution in [0.25, 0.3) is 0 Å². The summed E-state index contributed by atoms with van der Waals surface area (Å²) in [5.41, 5.74) is 0.949. The molecule has 0 fully saturated rings. The summed E-state index contributed by atoms with van der Waals surface area (Å²) in [6.45, 7) is 1.98. The van der Waals surface area contributed by atoms with E-state index in [1.54, 1.807) is 12.1 Å². The molecule has 1 atom stereocenters. The molecular weight excluding hydrogens is 179 g/mol. The third-order valence-electron chi connectivity index (χ3n) is 1.58. The Labute approximate surface area is 73.8 Å². The highest BCUT2D eigenvalue weighted by Crippen LogP contribution is 2.24. The zero-order valence-corrected chi connectivity index (χ0v) is 9.32. The van der Waals surface area contributed by atoms with Gasteiger partial charge in [0.2, 0.25) is 0 Å². The van der Waals surface area contributed by atoms with Crippen molar-refractivity contribution in [2.45, 2.75) is 12.5 Å². The Morgan fingerprint density at radius 2 is 2.18 bits per heavy atom. The van der Waals surface area contributed by atoms with E-state index in [0.717, 1.165) is 10.2 Å². The van der Waals surface area contributed by atoms with E-state index in [1.807, 2.05) is 6.92 Å². The van der Waals surface area contributed by atoms with Gasteiger partial charge in [-0.05, 0) is 17.7 Å². The lowest BCUT2D eigenvalue weighted by molar-refractivity contribution is 0.610. The van der Waals surface area contributed by atoms with E-state index in [1.165, 1.54) is 6.07 Å². The predicted octanol–water partition coefficient (Wildman–Crippen LogP) is 1.91. The van der Waals surface area contributed by atoms with Crippen molar-refractivity contribution in [3.63, 3.8) is 0 Å². The standard InChI is InChI=1S/C8H10ClFSi/c1-5(11)8-6(9)3-2-4-7(8)10/h2-5H,1,11H3. The Hall–Kier alpha value is -0.343. The lowest BCUT2D eigenvalue weighted by Crippen LogP contribution is -1.97. The summed E-state index contributed by atoms with van der Waals surface area (Å²) in [4.78, 5) is 0. The Balaban J connectivity index is 3.21. The first-order valence-corrected chi connectivity index (χ1v) is 5.10. The van der Waals surface area contributed by atoms with Crippen molar-refractivity contribution in [3.8, 4) is 0 Å². The molecule has 3 heteroatoms. The zero-order chi connectivity index (χ0) is 8.43. The van der Waals surface area contributed by atoms with Crippen LogP contribution >= 0.6 is 11.6 Å². The maximum absolute atomic E-state index is 13.0. The smallest absolute Gasteiger partial charge is 0.127 e. The van der Waals surface area contributed by atoms with Gasteiger partial charge in [0.15, 0.2) is 0 Å². The average molecular weight is 189 g/mol. The Kier molecular flexibility index (Phi) is 2.68. The van der Waals surface area contributed by atoms with Crippen molar-refractivity contribution in [2.75, 3.05) is 0 Å². The number of hydrogen-bond donors (Lipinski definition) is 0. The molecule has 0 aliphatic heterocycles. The summed E-state index contributed by atoms with van der Waals surface area (Å²) in [6, 6.07) is 4.81. The van der Waals surface area contributed by atoms with Crippen LogP contribution in [0.15, 0.2) is 18.2 Å². The van der Waals surface area contributed by atoms with Crippen LogP contribution in [0, 0.1) is 5.82 Å². The summed E-state index contributed by atoms with van der Waals surface area (Å²) >= 11 is 5.81. The molecule has 0 saturated carbocycles. The molecule has 0 aliphatic carbocycles. The van der Waals surface area contributed by atoms with E-state index < -0.39 is 0 Å². The third kappa shape index (κ3) is 1.82. The van der Waals surface area contributed by atoms with Gasteiger partial charge in [0.05, 0.1) is 0 Å². The van der Waals surface area contributed by atoms with Crippen molar-refractivity contribution in [1.29, 1.82) is 0 Å². The molecule has 1 rings (SSSR count). The second kappa shape index (κ2) is 3.37. The van der Waals surface area contributed by atoms with Gasteiger partial charge in [-0.3, -0.25) is 0 Å². The molecule has 0 aromatic heterocycles. The van der Waals surface area contributed by atoms with E-state index in [4.69, 9.17) is 11.6 Å². The first-order chi connectivity index (χ1) is 5.13. The van der Waals surface area contributed by atoms with E-state index in [2.05, 4.69) is 0 Å². The molecule has 0 heterocycles. The molecule has 0 nitrogen and oxygen atoms in total. The fourth-order valence-corrected chi connectivity index (χ4v) is 2.21. The molecule has 0 aliphatic rings. The van der Waals surface area contributed by atoms with E-state index >= 15 is 0 Å². The van der Waals surface area contributed by atoms with Crippen LogP contribution in [0.5, 0.6) is 0 Å². The van der Waals surface area contributed by atoms with Crippen LogP contribution in [-0.2, 0) is 0 Å². The maximum Gasteiger partial charge on any atom is 0.127 e. The summed E-state index contributed by atoms with van der Waals surface area (Å²) in [6.07, 6.45) is 0. The highest BCUT2D eigenvalue weighted by atomic mass is 35.5. The minimum absolute atomic E-state index is 0.181. The van der Waals surface area contributed by atoms with Gasteiger partial charge in [-0.15, -0.1) is 0 Å². The topological polar surface area (TPSA) is 0 Å². The monoisotopic (exact) mass is 188 g/mol. The molecule has 0 bridgehead atoms. The highest BCUT2D eigenvalue weighted by molar-refractivity contribution is 6.32. The van der Waals surface area contributed by atoms with Crippen molar-refractivity contribution in [2.24, 2.45) is 0 Å². The first kappa shape index (κ1) is 8.75. The number of benzene rings is 1. The van der Waals surface area contributed by atoms with E-state index in [-0.39, 0.29) is 11.4 Å². The van der Waals surface area contributed by atoms with Gasteiger partial charge in [-0.25, -0.2) is 4.39 Å². The number of halogens is 2. The maximum atomic E-state index is 13.0. The lowest BCUT2D eigenvalue weighted by atomic mass is 10.1. The minimum Gasteiger partial charge on any atom is -0.207 e. The fraction of sp³-hybridized carbons (Fsp3) is 0.250. The van der Waals surface area contributed by atoms with Crippen molar-refractivity contribution in [1.82, 2.24) is 0 Å². The summed E-state index contributed by atoms with van der Waals surface area (Å²) in [5.74, 6) is -0.181. The first-order valence-electron chi connectivity index (χ1n) is 3.57. The van der Waals surface area contributed by atoms with Crippen LogP contribution in [-0.4, -0.2) is 10.2 Å². The van der Waals surface area contributed by atoms with Crippen LogP contribution < -0.4 is 0 Å². The van der Waals surface area contributed by atoms with Crippen molar-refractivity contribution < 1.29 is 4.39 Å². The summed E-state index contributed by atoms with van der Waals surface area (Å²) in [5, 5.41) is 0.549. The average Bonchev–Trinajstić information content (AvgIpc) is 1.85. The van der Waals surface area contributed by atoms with Gasteiger partial charge in [0.25, 0.3) is 0 Å². The number of hydrogen-bond acceptors (Lipinski definition) is 0. The quantitative estimate of drug-likeness (QED) is 0.591. The molecule has 0 spiro atoms. The Bertz CT molecular complexity index is 240. The number of rotatable bonds is 1. The second-order valence-electron chi connectivity index (χ2n) is 2.79. The summed E-state index contributed by atoms with van der Waals surface area (Å²) in [7, 11) is 0.929. The van der Waals surface area contributed by atoms with Gasteiger partial charge in [-0.1, -0.05) is 24.6 Å². The molecular formula is C8H10ClFSi. The minimum atomic E-state index is -0.181. The van der Waals surface area contributed by atoms with Gasteiger partial charge < -0.3 is 0 Å².